The zero-order valence-electron chi connectivity index (χ0n) is 10.3. The van der Waals surface area contributed by atoms with Gasteiger partial charge in [0.2, 0.25) is 0 Å². The van der Waals surface area contributed by atoms with Gasteiger partial charge in [0, 0.05) is 6.54 Å². The molecule has 1 fully saturated rings. The van der Waals surface area contributed by atoms with Crippen molar-refractivity contribution in [2.45, 2.75) is 32.5 Å². The molecule has 2 N–H and O–H groups in total. The van der Waals surface area contributed by atoms with E-state index in [0.717, 1.165) is 6.42 Å². The zero-order valence-corrected chi connectivity index (χ0v) is 12.4. The number of carboxylic acid groups (broad SMARTS) is 1. The van der Waals surface area contributed by atoms with Gasteiger partial charge in [-0.15, -0.1) is 0 Å². The number of ether oxygens (including phenoxy) is 1. The molecule has 6 heteroatoms. The number of carbonyl (C=O) groups excluding carboxylic acids is 1. The summed E-state index contributed by atoms with van der Waals surface area (Å²) in [6.07, 6.45) is -0.829. The molecule has 1 rings (SSSR count). The summed E-state index contributed by atoms with van der Waals surface area (Å²) < 4.78 is 4.69. The first kappa shape index (κ1) is 15.5. The van der Waals surface area contributed by atoms with Gasteiger partial charge < -0.3 is 16.6 Å². The summed E-state index contributed by atoms with van der Waals surface area (Å²) in [6.45, 7) is 4.68. The van der Waals surface area contributed by atoms with Crippen molar-refractivity contribution in [2.24, 2.45) is 5.92 Å². The summed E-state index contributed by atoms with van der Waals surface area (Å²) in [7, 11) is 0. The normalized spacial score (nSPS) is 23.1. The number of aliphatic carboxylic acids is 1. The maximum Gasteiger partial charge on any atom is 1.00 e. The van der Waals surface area contributed by atoms with Crippen LogP contribution in [-0.2, 0) is 14.3 Å². The van der Waals surface area contributed by atoms with Crippen molar-refractivity contribution >= 4 is 11.9 Å². The first-order valence-electron chi connectivity index (χ1n) is 4.68. The third-order valence-corrected chi connectivity index (χ3v) is 2.01. The molecular formula is C9H16KNO4. The van der Waals surface area contributed by atoms with E-state index in [-0.39, 0.29) is 58.7 Å². The number of hydrogen-bond acceptors (Lipinski definition) is 3. The van der Waals surface area contributed by atoms with Gasteiger partial charge >= 0.3 is 57.4 Å². The summed E-state index contributed by atoms with van der Waals surface area (Å²) >= 11 is 0. The van der Waals surface area contributed by atoms with Crippen molar-refractivity contribution < 1.29 is 72.2 Å². The van der Waals surface area contributed by atoms with Gasteiger partial charge in [0.25, 0.3) is 5.91 Å². The molecule has 0 aromatic carbocycles. The van der Waals surface area contributed by atoms with Crippen LogP contribution in [-0.4, -0.2) is 35.7 Å². The largest absolute Gasteiger partial charge is 1.00 e. The van der Waals surface area contributed by atoms with Gasteiger partial charge in [0.05, 0.1) is 0 Å². The Balaban J connectivity index is 0. The molecule has 15 heavy (non-hydrogen) atoms. The molecular weight excluding hydrogens is 225 g/mol. The maximum atomic E-state index is 11.2. The second-order valence-electron chi connectivity index (χ2n) is 3.79. The number of nitrogens with one attached hydrogen (secondary N) is 1. The predicted molar refractivity (Wildman–Crippen MR) is 49.9 cm³/mol. The molecule has 5 nitrogen and oxygen atoms in total. The van der Waals surface area contributed by atoms with Gasteiger partial charge in [-0.3, -0.25) is 4.79 Å². The van der Waals surface area contributed by atoms with E-state index >= 15 is 0 Å². The number of amides is 1. The Bertz CT molecular complexity index is 250. The van der Waals surface area contributed by atoms with E-state index in [1.807, 2.05) is 0 Å². The molecule has 0 radical (unpaired) electrons. The fourth-order valence-corrected chi connectivity index (χ4v) is 1.08. The molecule has 0 saturated carbocycles. The minimum absolute atomic E-state index is 0. The molecule has 0 bridgehead atoms. The summed E-state index contributed by atoms with van der Waals surface area (Å²) in [5.74, 6) is -0.877. The van der Waals surface area contributed by atoms with Crippen molar-refractivity contribution in [1.29, 1.82) is 0 Å². The van der Waals surface area contributed by atoms with E-state index in [0.29, 0.717) is 12.5 Å². The number of hydrogen-bond donors (Lipinski definition) is 2. The van der Waals surface area contributed by atoms with E-state index in [1.54, 1.807) is 0 Å². The van der Waals surface area contributed by atoms with Gasteiger partial charge in [0.1, 0.15) is 0 Å². The van der Waals surface area contributed by atoms with E-state index in [1.165, 1.54) is 0 Å². The number of epoxide rings is 1. The Morgan fingerprint density at radius 3 is 2.47 bits per heavy atom. The third-order valence-electron chi connectivity index (χ3n) is 2.01. The minimum atomic E-state index is -1.07. The molecule has 0 aromatic rings. The molecule has 1 aliphatic rings. The quantitative estimate of drug-likeness (QED) is 0.400. The number of carbonyl (C=O) groups is 2. The Labute approximate surface area is 133 Å². The Hall–Kier alpha value is 0.536. The average molecular weight is 241 g/mol. The van der Waals surface area contributed by atoms with Crippen LogP contribution in [0.15, 0.2) is 0 Å². The molecule has 2 unspecified atom stereocenters. The van der Waals surface area contributed by atoms with Crippen LogP contribution in [0.4, 0.5) is 0 Å². The standard InChI is InChI=1S/C9H15NO4.K.H/c1-5(2)3-4-10-8(11)6-7(14-6)9(12)13;;/h5-7H,3-4H2,1-2H3,(H,10,11)(H,12,13);;/q;+1;-1. The second-order valence-corrected chi connectivity index (χ2v) is 3.79. The Morgan fingerprint density at radius 2 is 2.07 bits per heavy atom. The van der Waals surface area contributed by atoms with Gasteiger partial charge in [0.15, 0.2) is 12.2 Å². The molecule has 1 amide bonds. The van der Waals surface area contributed by atoms with E-state index in [2.05, 4.69) is 23.9 Å². The van der Waals surface area contributed by atoms with Crippen molar-refractivity contribution in [1.82, 2.24) is 5.32 Å². The fourth-order valence-electron chi connectivity index (χ4n) is 1.08. The first-order chi connectivity index (χ1) is 6.52. The van der Waals surface area contributed by atoms with Crippen molar-refractivity contribution in [3.8, 4) is 0 Å². The van der Waals surface area contributed by atoms with Gasteiger partial charge in [-0.2, -0.15) is 0 Å². The summed E-state index contributed by atoms with van der Waals surface area (Å²) in [4.78, 5) is 21.6. The summed E-state index contributed by atoms with van der Waals surface area (Å²) in [5, 5.41) is 11.1. The third kappa shape index (κ3) is 5.42. The van der Waals surface area contributed by atoms with Crippen LogP contribution in [0.5, 0.6) is 0 Å². The van der Waals surface area contributed by atoms with Crippen molar-refractivity contribution in [3.63, 3.8) is 0 Å². The number of rotatable bonds is 5. The molecule has 1 aliphatic heterocycles. The summed E-state index contributed by atoms with van der Waals surface area (Å²) in [6, 6.07) is 0. The first-order valence-corrected chi connectivity index (χ1v) is 4.68. The monoisotopic (exact) mass is 241 g/mol. The van der Waals surface area contributed by atoms with E-state index < -0.39 is 18.2 Å². The van der Waals surface area contributed by atoms with Crippen LogP contribution in [0.25, 0.3) is 0 Å². The van der Waals surface area contributed by atoms with Crippen LogP contribution >= 0.6 is 0 Å². The topological polar surface area (TPSA) is 78.9 Å². The predicted octanol–water partition coefficient (Wildman–Crippen LogP) is -2.88. The molecule has 1 heterocycles. The molecule has 1 saturated heterocycles. The molecule has 0 aliphatic carbocycles. The van der Waals surface area contributed by atoms with Gasteiger partial charge in [-0.25, -0.2) is 4.79 Å². The summed E-state index contributed by atoms with van der Waals surface area (Å²) in [5.41, 5.74) is 0. The van der Waals surface area contributed by atoms with Crippen LogP contribution in [0.3, 0.4) is 0 Å². The average Bonchev–Trinajstić information content (AvgIpc) is 2.81. The van der Waals surface area contributed by atoms with E-state index in [4.69, 9.17) is 5.11 Å². The smallest absolute Gasteiger partial charge is 1.00 e. The van der Waals surface area contributed by atoms with Crippen LogP contribution < -0.4 is 56.7 Å². The zero-order chi connectivity index (χ0) is 10.7. The molecule has 0 spiro atoms. The van der Waals surface area contributed by atoms with Gasteiger partial charge in [-0.05, 0) is 12.3 Å². The maximum absolute atomic E-state index is 11.2. The van der Waals surface area contributed by atoms with Crippen LogP contribution in [0.2, 0.25) is 0 Å². The Morgan fingerprint density at radius 1 is 1.47 bits per heavy atom. The SMILES string of the molecule is CC(C)CCNC(=O)C1OC1C(=O)O.[H-].[K+]. The van der Waals surface area contributed by atoms with Gasteiger partial charge in [-0.1, -0.05) is 13.8 Å². The second kappa shape index (κ2) is 6.98. The van der Waals surface area contributed by atoms with Crippen molar-refractivity contribution in [3.05, 3.63) is 0 Å². The fraction of sp³-hybridized carbons (Fsp3) is 0.778. The van der Waals surface area contributed by atoms with Crippen molar-refractivity contribution in [2.75, 3.05) is 6.54 Å². The van der Waals surface area contributed by atoms with E-state index in [9.17, 15) is 9.59 Å². The molecule has 0 aromatic heterocycles. The molecule has 2 atom stereocenters. The van der Waals surface area contributed by atoms with Crippen LogP contribution in [0, 0.1) is 5.92 Å². The Kier molecular flexibility index (Phi) is 7.23. The number of carboxylic acids is 1. The van der Waals surface area contributed by atoms with Crippen LogP contribution in [0.1, 0.15) is 21.7 Å². The minimum Gasteiger partial charge on any atom is -1.00 e. The molecule has 82 valence electrons.